The lowest BCUT2D eigenvalue weighted by Crippen LogP contribution is -2.13. The molecular formula is C22H16Cl2N2O. The lowest BCUT2D eigenvalue weighted by molar-refractivity contribution is 0.472. The molecule has 0 saturated heterocycles. The highest BCUT2D eigenvalue weighted by Gasteiger charge is 2.20. The minimum Gasteiger partial charge on any atom is -0.505 e. The summed E-state index contributed by atoms with van der Waals surface area (Å²) in [5.41, 5.74) is 3.02. The summed E-state index contributed by atoms with van der Waals surface area (Å²) >= 11 is 12.4. The van der Waals surface area contributed by atoms with Crippen LogP contribution in [0, 0.1) is 0 Å². The molecule has 0 radical (unpaired) electrons. The maximum Gasteiger partial charge on any atom is 0.147 e. The lowest BCUT2D eigenvalue weighted by atomic mass is 9.96. The predicted molar refractivity (Wildman–Crippen MR) is 112 cm³/mol. The zero-order chi connectivity index (χ0) is 18.8. The Morgan fingerprint density at radius 2 is 1.70 bits per heavy atom. The van der Waals surface area contributed by atoms with E-state index in [4.69, 9.17) is 23.2 Å². The van der Waals surface area contributed by atoms with Gasteiger partial charge in [0.2, 0.25) is 0 Å². The lowest BCUT2D eigenvalue weighted by Gasteiger charge is -2.23. The van der Waals surface area contributed by atoms with Crippen molar-refractivity contribution in [1.82, 2.24) is 4.98 Å². The molecule has 3 aromatic carbocycles. The summed E-state index contributed by atoms with van der Waals surface area (Å²) in [6.07, 6.45) is 1.67. The van der Waals surface area contributed by atoms with Gasteiger partial charge in [-0.05, 0) is 29.8 Å². The van der Waals surface area contributed by atoms with Gasteiger partial charge in [0.25, 0.3) is 0 Å². The van der Waals surface area contributed by atoms with Crippen LogP contribution in [0.15, 0.2) is 79.0 Å². The normalized spacial score (nSPS) is 12.1. The number of anilines is 1. The van der Waals surface area contributed by atoms with Crippen molar-refractivity contribution in [3.8, 4) is 5.75 Å². The van der Waals surface area contributed by atoms with Crippen molar-refractivity contribution in [2.75, 3.05) is 5.32 Å². The molecule has 1 atom stereocenters. The van der Waals surface area contributed by atoms with E-state index < -0.39 is 0 Å². The predicted octanol–water partition coefficient (Wildman–Crippen LogP) is 6.45. The van der Waals surface area contributed by atoms with E-state index in [1.807, 2.05) is 60.7 Å². The standard InChI is InChI=1S/C22H16Cl2N2O/c23-16-9-11-19(18(24)13-16)26-20(14-5-2-1-3-6-14)17-10-8-15-7-4-12-25-21(15)22(17)27/h1-13,20,26-27H. The van der Waals surface area contributed by atoms with Crippen LogP contribution < -0.4 is 5.32 Å². The van der Waals surface area contributed by atoms with Gasteiger partial charge in [-0.25, -0.2) is 0 Å². The summed E-state index contributed by atoms with van der Waals surface area (Å²) in [5, 5.41) is 16.3. The van der Waals surface area contributed by atoms with Gasteiger partial charge in [0, 0.05) is 22.2 Å². The molecule has 2 N–H and O–H groups in total. The molecule has 4 aromatic rings. The molecule has 0 fully saturated rings. The van der Waals surface area contributed by atoms with Gasteiger partial charge < -0.3 is 10.4 Å². The summed E-state index contributed by atoms with van der Waals surface area (Å²) in [4.78, 5) is 4.33. The summed E-state index contributed by atoms with van der Waals surface area (Å²) in [7, 11) is 0. The largest absolute Gasteiger partial charge is 0.505 e. The SMILES string of the molecule is Oc1c(C(Nc2ccc(Cl)cc2Cl)c2ccccc2)ccc2cccnc12. The van der Waals surface area contributed by atoms with Crippen molar-refractivity contribution in [1.29, 1.82) is 0 Å². The number of phenolic OH excluding ortho intramolecular Hbond substituents is 1. The topological polar surface area (TPSA) is 45.1 Å². The minimum absolute atomic E-state index is 0.152. The summed E-state index contributed by atoms with van der Waals surface area (Å²) < 4.78 is 0. The number of nitrogens with one attached hydrogen (secondary N) is 1. The third-order valence-electron chi connectivity index (χ3n) is 4.45. The number of hydrogen-bond donors (Lipinski definition) is 2. The first-order chi connectivity index (χ1) is 13.1. The van der Waals surface area contributed by atoms with Crippen LogP contribution in [0.25, 0.3) is 10.9 Å². The van der Waals surface area contributed by atoms with Gasteiger partial charge in [-0.2, -0.15) is 0 Å². The molecule has 0 aliphatic carbocycles. The van der Waals surface area contributed by atoms with E-state index in [9.17, 15) is 5.11 Å². The van der Waals surface area contributed by atoms with Crippen LogP contribution in [-0.2, 0) is 0 Å². The Morgan fingerprint density at radius 1 is 0.889 bits per heavy atom. The molecule has 1 aromatic heterocycles. The average molecular weight is 395 g/mol. The van der Waals surface area contributed by atoms with Gasteiger partial charge in [-0.15, -0.1) is 0 Å². The summed E-state index contributed by atoms with van der Waals surface area (Å²) in [5.74, 6) is 0.152. The Balaban J connectivity index is 1.85. The zero-order valence-corrected chi connectivity index (χ0v) is 15.7. The number of pyridine rings is 1. The first-order valence-electron chi connectivity index (χ1n) is 8.46. The van der Waals surface area contributed by atoms with Crippen molar-refractivity contribution in [3.05, 3.63) is 100 Å². The molecular weight excluding hydrogens is 379 g/mol. The fraction of sp³-hybridized carbons (Fsp3) is 0.0455. The van der Waals surface area contributed by atoms with E-state index in [0.717, 1.165) is 22.2 Å². The van der Waals surface area contributed by atoms with Crippen LogP contribution in [0.4, 0.5) is 5.69 Å². The third-order valence-corrected chi connectivity index (χ3v) is 5.00. The second-order valence-corrected chi connectivity index (χ2v) is 7.03. The number of fused-ring (bicyclic) bond motifs is 1. The Kier molecular flexibility index (Phi) is 4.88. The van der Waals surface area contributed by atoms with Crippen molar-refractivity contribution >= 4 is 39.8 Å². The Morgan fingerprint density at radius 3 is 2.48 bits per heavy atom. The molecule has 0 aliphatic heterocycles. The van der Waals surface area contributed by atoms with Gasteiger partial charge in [0.05, 0.1) is 16.8 Å². The first kappa shape index (κ1) is 17.7. The third kappa shape index (κ3) is 3.57. The number of halogens is 2. The van der Waals surface area contributed by atoms with Crippen molar-refractivity contribution in [2.45, 2.75) is 6.04 Å². The van der Waals surface area contributed by atoms with Crippen LogP contribution in [0.3, 0.4) is 0 Å². The van der Waals surface area contributed by atoms with Gasteiger partial charge in [-0.1, -0.05) is 71.7 Å². The average Bonchev–Trinajstić information content (AvgIpc) is 2.69. The quantitative estimate of drug-likeness (QED) is 0.418. The maximum atomic E-state index is 10.9. The molecule has 1 unspecified atom stereocenters. The van der Waals surface area contributed by atoms with Gasteiger partial charge in [0.1, 0.15) is 11.3 Å². The van der Waals surface area contributed by atoms with Crippen LogP contribution >= 0.6 is 23.2 Å². The molecule has 134 valence electrons. The number of aromatic hydroxyl groups is 1. The van der Waals surface area contributed by atoms with E-state index >= 15 is 0 Å². The van der Waals surface area contributed by atoms with E-state index in [1.54, 1.807) is 18.3 Å². The molecule has 0 amide bonds. The zero-order valence-electron chi connectivity index (χ0n) is 14.2. The Bertz CT molecular complexity index is 1100. The minimum atomic E-state index is -0.309. The number of rotatable bonds is 4. The Hall–Kier alpha value is -2.75. The van der Waals surface area contributed by atoms with Crippen LogP contribution in [0.1, 0.15) is 17.2 Å². The van der Waals surface area contributed by atoms with Crippen molar-refractivity contribution in [2.24, 2.45) is 0 Å². The molecule has 4 rings (SSSR count). The molecule has 0 saturated carbocycles. The van der Waals surface area contributed by atoms with Gasteiger partial charge in [0.15, 0.2) is 0 Å². The number of aromatic nitrogens is 1. The highest BCUT2D eigenvalue weighted by atomic mass is 35.5. The van der Waals surface area contributed by atoms with E-state index in [2.05, 4.69) is 10.3 Å². The smallest absolute Gasteiger partial charge is 0.147 e. The highest BCUT2D eigenvalue weighted by molar-refractivity contribution is 6.36. The van der Waals surface area contributed by atoms with Crippen LogP contribution in [-0.4, -0.2) is 10.1 Å². The van der Waals surface area contributed by atoms with Crippen LogP contribution in [0.5, 0.6) is 5.75 Å². The maximum absolute atomic E-state index is 10.9. The van der Waals surface area contributed by atoms with Crippen LogP contribution in [0.2, 0.25) is 10.0 Å². The number of benzene rings is 3. The molecule has 3 nitrogen and oxygen atoms in total. The second kappa shape index (κ2) is 7.47. The molecule has 1 heterocycles. The molecule has 5 heteroatoms. The van der Waals surface area contributed by atoms with E-state index in [1.165, 1.54) is 0 Å². The van der Waals surface area contributed by atoms with E-state index in [0.29, 0.717) is 15.6 Å². The number of hydrogen-bond acceptors (Lipinski definition) is 3. The summed E-state index contributed by atoms with van der Waals surface area (Å²) in [6, 6.07) is 22.5. The fourth-order valence-corrected chi connectivity index (χ4v) is 3.59. The Labute approximate surface area is 167 Å². The number of nitrogens with zero attached hydrogens (tertiary/aromatic N) is 1. The molecule has 0 aliphatic rings. The van der Waals surface area contributed by atoms with Gasteiger partial charge in [-0.3, -0.25) is 4.98 Å². The van der Waals surface area contributed by atoms with Crippen molar-refractivity contribution < 1.29 is 5.11 Å². The highest BCUT2D eigenvalue weighted by Crippen LogP contribution is 2.38. The van der Waals surface area contributed by atoms with Crippen molar-refractivity contribution in [3.63, 3.8) is 0 Å². The second-order valence-electron chi connectivity index (χ2n) is 6.19. The first-order valence-corrected chi connectivity index (χ1v) is 9.22. The number of phenols is 1. The van der Waals surface area contributed by atoms with Gasteiger partial charge >= 0.3 is 0 Å². The molecule has 27 heavy (non-hydrogen) atoms. The molecule has 0 spiro atoms. The van der Waals surface area contributed by atoms with E-state index in [-0.39, 0.29) is 11.8 Å². The molecule has 0 bridgehead atoms. The monoisotopic (exact) mass is 394 g/mol. The fourth-order valence-electron chi connectivity index (χ4n) is 3.13. The summed E-state index contributed by atoms with van der Waals surface area (Å²) in [6.45, 7) is 0.